The first kappa shape index (κ1) is 10.6. The molecule has 0 aliphatic heterocycles. The molecule has 0 saturated heterocycles. The van der Waals surface area contributed by atoms with Crippen molar-refractivity contribution in [3.8, 4) is 0 Å². The summed E-state index contributed by atoms with van der Waals surface area (Å²) in [5.41, 5.74) is 0.318. The standard InChI is InChI=1S/C9H9BrO2S/c1-2-13-6-3-4-8(10)7(5-6)9(11)12/h3-5H,2H2,1H3,(H,11,12). The Balaban J connectivity index is 3.04. The first-order valence-electron chi connectivity index (χ1n) is 3.80. The second-order valence-electron chi connectivity index (χ2n) is 2.38. The predicted octanol–water partition coefficient (Wildman–Crippen LogP) is 3.26. The first-order valence-corrected chi connectivity index (χ1v) is 5.58. The van der Waals surface area contributed by atoms with Crippen LogP contribution < -0.4 is 0 Å². The maximum absolute atomic E-state index is 10.7. The number of benzene rings is 1. The molecular formula is C9H9BrO2S. The van der Waals surface area contributed by atoms with Gasteiger partial charge in [-0.05, 0) is 39.9 Å². The molecule has 70 valence electrons. The van der Waals surface area contributed by atoms with E-state index < -0.39 is 5.97 Å². The number of aromatic carboxylic acids is 1. The summed E-state index contributed by atoms with van der Waals surface area (Å²) >= 11 is 4.82. The topological polar surface area (TPSA) is 37.3 Å². The Morgan fingerprint density at radius 1 is 1.62 bits per heavy atom. The molecule has 13 heavy (non-hydrogen) atoms. The van der Waals surface area contributed by atoms with E-state index in [-0.39, 0.29) is 0 Å². The third kappa shape index (κ3) is 2.74. The van der Waals surface area contributed by atoms with Crippen LogP contribution in [-0.2, 0) is 0 Å². The summed E-state index contributed by atoms with van der Waals surface area (Å²) in [6.07, 6.45) is 0. The number of hydrogen-bond donors (Lipinski definition) is 1. The Hall–Kier alpha value is -0.480. The van der Waals surface area contributed by atoms with Crippen molar-refractivity contribution in [1.82, 2.24) is 0 Å². The Bertz CT molecular complexity index is 325. The van der Waals surface area contributed by atoms with Gasteiger partial charge in [0.15, 0.2) is 0 Å². The Kier molecular flexibility index (Phi) is 3.81. The van der Waals surface area contributed by atoms with E-state index in [1.165, 1.54) is 0 Å². The zero-order chi connectivity index (χ0) is 9.84. The molecule has 0 radical (unpaired) electrons. The number of carboxylic acids is 1. The van der Waals surface area contributed by atoms with Crippen LogP contribution in [0.25, 0.3) is 0 Å². The van der Waals surface area contributed by atoms with Crippen LogP contribution in [0.4, 0.5) is 0 Å². The van der Waals surface area contributed by atoms with Gasteiger partial charge in [0.2, 0.25) is 0 Å². The maximum atomic E-state index is 10.7. The minimum Gasteiger partial charge on any atom is -0.478 e. The Morgan fingerprint density at radius 3 is 2.85 bits per heavy atom. The summed E-state index contributed by atoms with van der Waals surface area (Å²) < 4.78 is 0.625. The molecule has 0 unspecified atom stereocenters. The van der Waals surface area contributed by atoms with Crippen LogP contribution in [0.5, 0.6) is 0 Å². The monoisotopic (exact) mass is 260 g/mol. The Morgan fingerprint density at radius 2 is 2.31 bits per heavy atom. The van der Waals surface area contributed by atoms with E-state index in [1.807, 2.05) is 13.0 Å². The molecule has 0 aromatic heterocycles. The average molecular weight is 261 g/mol. The molecule has 1 aromatic carbocycles. The van der Waals surface area contributed by atoms with Crippen LogP contribution in [-0.4, -0.2) is 16.8 Å². The van der Waals surface area contributed by atoms with Crippen LogP contribution in [0, 0.1) is 0 Å². The van der Waals surface area contributed by atoms with Gasteiger partial charge in [0.1, 0.15) is 0 Å². The van der Waals surface area contributed by atoms with Gasteiger partial charge in [-0.15, -0.1) is 11.8 Å². The zero-order valence-corrected chi connectivity index (χ0v) is 9.48. The minimum absolute atomic E-state index is 0.318. The summed E-state index contributed by atoms with van der Waals surface area (Å²) in [4.78, 5) is 11.7. The van der Waals surface area contributed by atoms with E-state index in [4.69, 9.17) is 5.11 Å². The second-order valence-corrected chi connectivity index (χ2v) is 4.57. The van der Waals surface area contributed by atoms with E-state index in [0.717, 1.165) is 10.6 Å². The molecule has 2 nitrogen and oxygen atoms in total. The highest BCUT2D eigenvalue weighted by Gasteiger charge is 2.08. The van der Waals surface area contributed by atoms with E-state index in [0.29, 0.717) is 10.0 Å². The zero-order valence-electron chi connectivity index (χ0n) is 7.08. The van der Waals surface area contributed by atoms with Crippen molar-refractivity contribution in [1.29, 1.82) is 0 Å². The normalized spacial score (nSPS) is 10.0. The average Bonchev–Trinajstić information content (AvgIpc) is 2.08. The summed E-state index contributed by atoms with van der Waals surface area (Å²) in [5, 5.41) is 8.82. The van der Waals surface area contributed by atoms with Gasteiger partial charge in [-0.2, -0.15) is 0 Å². The lowest BCUT2D eigenvalue weighted by molar-refractivity contribution is 0.0695. The highest BCUT2D eigenvalue weighted by Crippen LogP contribution is 2.24. The maximum Gasteiger partial charge on any atom is 0.336 e. The molecule has 0 atom stereocenters. The third-order valence-electron chi connectivity index (χ3n) is 1.48. The number of rotatable bonds is 3. The molecular weight excluding hydrogens is 252 g/mol. The fourth-order valence-corrected chi connectivity index (χ4v) is 2.04. The molecule has 0 aliphatic carbocycles. The van der Waals surface area contributed by atoms with Gasteiger partial charge in [0, 0.05) is 9.37 Å². The van der Waals surface area contributed by atoms with Crippen molar-refractivity contribution in [2.45, 2.75) is 11.8 Å². The molecule has 0 aliphatic rings. The SMILES string of the molecule is CCSc1ccc(Br)c(C(=O)O)c1. The smallest absolute Gasteiger partial charge is 0.336 e. The predicted molar refractivity (Wildman–Crippen MR) is 57.5 cm³/mol. The van der Waals surface area contributed by atoms with Crippen LogP contribution >= 0.6 is 27.7 Å². The lowest BCUT2D eigenvalue weighted by atomic mass is 10.2. The van der Waals surface area contributed by atoms with Gasteiger partial charge in [-0.1, -0.05) is 6.92 Å². The molecule has 1 aromatic rings. The van der Waals surface area contributed by atoms with Gasteiger partial charge < -0.3 is 5.11 Å². The van der Waals surface area contributed by atoms with Crippen molar-refractivity contribution in [3.63, 3.8) is 0 Å². The van der Waals surface area contributed by atoms with E-state index >= 15 is 0 Å². The number of hydrogen-bond acceptors (Lipinski definition) is 2. The van der Waals surface area contributed by atoms with Crippen LogP contribution in [0.2, 0.25) is 0 Å². The molecule has 0 heterocycles. The van der Waals surface area contributed by atoms with Crippen molar-refractivity contribution >= 4 is 33.7 Å². The number of carbonyl (C=O) groups is 1. The van der Waals surface area contributed by atoms with Crippen LogP contribution in [0.15, 0.2) is 27.6 Å². The largest absolute Gasteiger partial charge is 0.478 e. The van der Waals surface area contributed by atoms with Gasteiger partial charge in [-0.3, -0.25) is 0 Å². The van der Waals surface area contributed by atoms with Gasteiger partial charge in [0.25, 0.3) is 0 Å². The molecule has 1 rings (SSSR count). The molecule has 1 N–H and O–H groups in total. The molecule has 0 bridgehead atoms. The molecule has 0 saturated carbocycles. The van der Waals surface area contributed by atoms with Crippen molar-refractivity contribution in [3.05, 3.63) is 28.2 Å². The lowest BCUT2D eigenvalue weighted by Gasteiger charge is -2.02. The fraction of sp³-hybridized carbons (Fsp3) is 0.222. The summed E-state index contributed by atoms with van der Waals surface area (Å²) in [6.45, 7) is 2.03. The highest BCUT2D eigenvalue weighted by atomic mass is 79.9. The number of carboxylic acid groups (broad SMARTS) is 1. The molecule has 0 amide bonds. The molecule has 4 heteroatoms. The fourth-order valence-electron chi connectivity index (χ4n) is 0.925. The summed E-state index contributed by atoms with van der Waals surface area (Å²) in [7, 11) is 0. The van der Waals surface area contributed by atoms with Crippen LogP contribution in [0.1, 0.15) is 17.3 Å². The van der Waals surface area contributed by atoms with Crippen molar-refractivity contribution in [2.24, 2.45) is 0 Å². The van der Waals surface area contributed by atoms with Gasteiger partial charge in [0.05, 0.1) is 5.56 Å². The lowest BCUT2D eigenvalue weighted by Crippen LogP contribution is -1.97. The summed E-state index contributed by atoms with van der Waals surface area (Å²) in [5.74, 6) is 0.0474. The Labute approximate surface area is 89.5 Å². The van der Waals surface area contributed by atoms with E-state index in [2.05, 4.69) is 15.9 Å². The molecule has 0 fully saturated rings. The van der Waals surface area contributed by atoms with E-state index in [1.54, 1.807) is 23.9 Å². The van der Waals surface area contributed by atoms with Crippen molar-refractivity contribution in [2.75, 3.05) is 5.75 Å². The molecule has 0 spiro atoms. The number of thioether (sulfide) groups is 1. The highest BCUT2D eigenvalue weighted by molar-refractivity contribution is 9.10. The van der Waals surface area contributed by atoms with E-state index in [9.17, 15) is 4.79 Å². The third-order valence-corrected chi connectivity index (χ3v) is 3.05. The quantitative estimate of drug-likeness (QED) is 0.848. The van der Waals surface area contributed by atoms with Crippen molar-refractivity contribution < 1.29 is 9.90 Å². The van der Waals surface area contributed by atoms with Gasteiger partial charge >= 0.3 is 5.97 Å². The number of halogens is 1. The summed E-state index contributed by atoms with van der Waals surface area (Å²) in [6, 6.07) is 5.35. The minimum atomic E-state index is -0.898. The van der Waals surface area contributed by atoms with Gasteiger partial charge in [-0.25, -0.2) is 4.79 Å². The first-order chi connectivity index (χ1) is 6.15. The second kappa shape index (κ2) is 4.67. The van der Waals surface area contributed by atoms with Crippen LogP contribution in [0.3, 0.4) is 0 Å².